The van der Waals surface area contributed by atoms with Gasteiger partial charge in [0.05, 0.1) is 6.10 Å². The number of aliphatic hydroxyl groups is 1. The molecule has 0 spiro atoms. The van der Waals surface area contributed by atoms with Gasteiger partial charge in [0.25, 0.3) is 0 Å². The van der Waals surface area contributed by atoms with Crippen molar-refractivity contribution >= 4 is 5.69 Å². The molecule has 0 radical (unpaired) electrons. The fourth-order valence-electron chi connectivity index (χ4n) is 2.28. The SMILES string of the molecule is CCC(O)c1ccccc1N(C)C1CCC1. The summed E-state index contributed by atoms with van der Waals surface area (Å²) in [6.07, 6.45) is 4.35. The zero-order valence-corrected chi connectivity index (χ0v) is 10.2. The molecule has 2 heteroatoms. The number of para-hydroxylation sites is 1. The molecule has 1 atom stereocenters. The van der Waals surface area contributed by atoms with Gasteiger partial charge in [-0.2, -0.15) is 0 Å². The maximum absolute atomic E-state index is 10.0. The van der Waals surface area contributed by atoms with Crippen LogP contribution in [0.15, 0.2) is 24.3 Å². The van der Waals surface area contributed by atoms with E-state index in [1.165, 1.54) is 24.9 Å². The third-order valence-corrected chi connectivity index (χ3v) is 3.68. The van der Waals surface area contributed by atoms with Gasteiger partial charge in [0.2, 0.25) is 0 Å². The molecular weight excluding hydrogens is 198 g/mol. The normalized spacial score (nSPS) is 17.9. The average molecular weight is 219 g/mol. The lowest BCUT2D eigenvalue weighted by molar-refractivity contribution is 0.174. The van der Waals surface area contributed by atoms with E-state index in [-0.39, 0.29) is 6.10 Å². The zero-order valence-electron chi connectivity index (χ0n) is 10.2. The fraction of sp³-hybridized carbons (Fsp3) is 0.571. The summed E-state index contributed by atoms with van der Waals surface area (Å²) in [5, 5.41) is 10.0. The Morgan fingerprint density at radius 2 is 2.06 bits per heavy atom. The van der Waals surface area contributed by atoms with Crippen molar-refractivity contribution in [3.8, 4) is 0 Å². The molecule has 1 N–H and O–H groups in total. The highest BCUT2D eigenvalue weighted by Gasteiger charge is 2.24. The van der Waals surface area contributed by atoms with Crippen molar-refractivity contribution < 1.29 is 5.11 Å². The predicted molar refractivity (Wildman–Crippen MR) is 67.7 cm³/mol. The van der Waals surface area contributed by atoms with Gasteiger partial charge in [0, 0.05) is 24.3 Å². The second-order valence-corrected chi connectivity index (χ2v) is 4.68. The average Bonchev–Trinajstić information content (AvgIpc) is 2.25. The minimum absolute atomic E-state index is 0.335. The van der Waals surface area contributed by atoms with Gasteiger partial charge < -0.3 is 10.0 Å². The Morgan fingerprint density at radius 3 is 2.62 bits per heavy atom. The minimum atomic E-state index is -0.335. The predicted octanol–water partition coefficient (Wildman–Crippen LogP) is 3.12. The molecule has 0 aromatic heterocycles. The van der Waals surface area contributed by atoms with Crippen LogP contribution in [0.4, 0.5) is 5.69 Å². The fourth-order valence-corrected chi connectivity index (χ4v) is 2.28. The Kier molecular flexibility index (Phi) is 3.49. The van der Waals surface area contributed by atoms with Crippen LogP contribution in [0, 0.1) is 0 Å². The van der Waals surface area contributed by atoms with Gasteiger partial charge in [0.15, 0.2) is 0 Å². The highest BCUT2D eigenvalue weighted by Crippen LogP contribution is 2.33. The maximum atomic E-state index is 10.0. The number of aliphatic hydroxyl groups excluding tert-OH is 1. The number of rotatable bonds is 4. The molecule has 0 aliphatic heterocycles. The van der Waals surface area contributed by atoms with Crippen LogP contribution in [0.1, 0.15) is 44.3 Å². The van der Waals surface area contributed by atoms with Crippen LogP contribution in [0.3, 0.4) is 0 Å². The number of hydrogen-bond donors (Lipinski definition) is 1. The first kappa shape index (κ1) is 11.5. The Bertz CT molecular complexity index is 346. The molecular formula is C14H21NO. The molecule has 16 heavy (non-hydrogen) atoms. The first-order valence-corrected chi connectivity index (χ1v) is 6.24. The monoisotopic (exact) mass is 219 g/mol. The molecule has 2 rings (SSSR count). The second-order valence-electron chi connectivity index (χ2n) is 4.68. The van der Waals surface area contributed by atoms with Crippen LogP contribution >= 0.6 is 0 Å². The smallest absolute Gasteiger partial charge is 0.0807 e. The molecule has 1 aliphatic rings. The number of hydrogen-bond acceptors (Lipinski definition) is 2. The lowest BCUT2D eigenvalue weighted by Gasteiger charge is -2.37. The quantitative estimate of drug-likeness (QED) is 0.841. The summed E-state index contributed by atoms with van der Waals surface area (Å²) >= 11 is 0. The molecule has 0 bridgehead atoms. The summed E-state index contributed by atoms with van der Waals surface area (Å²) in [5.74, 6) is 0. The highest BCUT2D eigenvalue weighted by molar-refractivity contribution is 5.55. The number of anilines is 1. The van der Waals surface area contributed by atoms with Crippen molar-refractivity contribution in [2.75, 3.05) is 11.9 Å². The topological polar surface area (TPSA) is 23.5 Å². The highest BCUT2D eigenvalue weighted by atomic mass is 16.3. The lowest BCUT2D eigenvalue weighted by Crippen LogP contribution is -2.37. The van der Waals surface area contributed by atoms with Gasteiger partial charge in [-0.05, 0) is 31.7 Å². The van der Waals surface area contributed by atoms with E-state index >= 15 is 0 Å². The molecule has 1 aromatic rings. The van der Waals surface area contributed by atoms with E-state index in [1.54, 1.807) is 0 Å². The van der Waals surface area contributed by atoms with Gasteiger partial charge in [-0.25, -0.2) is 0 Å². The molecule has 0 heterocycles. The van der Waals surface area contributed by atoms with Crippen LogP contribution < -0.4 is 4.90 Å². The first-order valence-electron chi connectivity index (χ1n) is 6.24. The third kappa shape index (κ3) is 2.07. The zero-order chi connectivity index (χ0) is 11.5. The first-order chi connectivity index (χ1) is 7.74. The standard InChI is InChI=1S/C14H21NO/c1-3-14(16)12-9-4-5-10-13(12)15(2)11-7-6-8-11/h4-5,9-11,14,16H,3,6-8H2,1-2H3. The van der Waals surface area contributed by atoms with Gasteiger partial charge >= 0.3 is 0 Å². The van der Waals surface area contributed by atoms with E-state index in [1.807, 2.05) is 19.1 Å². The molecule has 1 aromatic carbocycles. The van der Waals surface area contributed by atoms with Gasteiger partial charge in [-0.1, -0.05) is 25.1 Å². The van der Waals surface area contributed by atoms with Crippen LogP contribution in [0.2, 0.25) is 0 Å². The largest absolute Gasteiger partial charge is 0.388 e. The van der Waals surface area contributed by atoms with Crippen LogP contribution in [-0.2, 0) is 0 Å². The summed E-state index contributed by atoms with van der Waals surface area (Å²) < 4.78 is 0. The van der Waals surface area contributed by atoms with Crippen molar-refractivity contribution in [1.29, 1.82) is 0 Å². The molecule has 0 saturated heterocycles. The van der Waals surface area contributed by atoms with E-state index in [0.717, 1.165) is 12.0 Å². The summed E-state index contributed by atoms with van der Waals surface area (Å²) in [6.45, 7) is 2.02. The Balaban J connectivity index is 2.24. The summed E-state index contributed by atoms with van der Waals surface area (Å²) in [7, 11) is 2.14. The molecule has 2 nitrogen and oxygen atoms in total. The van der Waals surface area contributed by atoms with Gasteiger partial charge in [-0.15, -0.1) is 0 Å². The summed E-state index contributed by atoms with van der Waals surface area (Å²) in [4.78, 5) is 2.33. The van der Waals surface area contributed by atoms with E-state index in [0.29, 0.717) is 6.04 Å². The molecule has 1 unspecified atom stereocenters. The van der Waals surface area contributed by atoms with Crippen molar-refractivity contribution in [2.24, 2.45) is 0 Å². The van der Waals surface area contributed by atoms with Crippen molar-refractivity contribution in [3.63, 3.8) is 0 Å². The second kappa shape index (κ2) is 4.88. The van der Waals surface area contributed by atoms with Crippen LogP contribution in [0.25, 0.3) is 0 Å². The summed E-state index contributed by atoms with van der Waals surface area (Å²) in [6, 6.07) is 8.89. The Morgan fingerprint density at radius 1 is 1.38 bits per heavy atom. The summed E-state index contributed by atoms with van der Waals surface area (Å²) in [5.41, 5.74) is 2.26. The van der Waals surface area contributed by atoms with E-state index in [4.69, 9.17) is 0 Å². The van der Waals surface area contributed by atoms with Gasteiger partial charge in [-0.3, -0.25) is 0 Å². The third-order valence-electron chi connectivity index (χ3n) is 3.68. The van der Waals surface area contributed by atoms with E-state index in [2.05, 4.69) is 24.1 Å². The number of nitrogens with zero attached hydrogens (tertiary/aromatic N) is 1. The minimum Gasteiger partial charge on any atom is -0.388 e. The molecule has 1 fully saturated rings. The van der Waals surface area contributed by atoms with E-state index < -0.39 is 0 Å². The van der Waals surface area contributed by atoms with Crippen molar-refractivity contribution in [1.82, 2.24) is 0 Å². The Hall–Kier alpha value is -1.02. The van der Waals surface area contributed by atoms with Crippen molar-refractivity contribution in [2.45, 2.75) is 44.8 Å². The van der Waals surface area contributed by atoms with Crippen molar-refractivity contribution in [3.05, 3.63) is 29.8 Å². The lowest BCUT2D eigenvalue weighted by atomic mass is 9.90. The number of benzene rings is 1. The van der Waals surface area contributed by atoms with E-state index in [9.17, 15) is 5.11 Å². The van der Waals surface area contributed by atoms with Crippen LogP contribution in [-0.4, -0.2) is 18.2 Å². The van der Waals surface area contributed by atoms with Crippen LogP contribution in [0.5, 0.6) is 0 Å². The molecule has 0 amide bonds. The van der Waals surface area contributed by atoms with Gasteiger partial charge in [0.1, 0.15) is 0 Å². The molecule has 1 aliphatic carbocycles. The Labute approximate surface area is 97.9 Å². The molecule has 1 saturated carbocycles. The maximum Gasteiger partial charge on any atom is 0.0807 e. The molecule has 88 valence electrons.